The lowest BCUT2D eigenvalue weighted by molar-refractivity contribution is -0.124. The van der Waals surface area contributed by atoms with Gasteiger partial charge >= 0.3 is 0 Å². The molecule has 1 saturated heterocycles. The van der Waals surface area contributed by atoms with Crippen molar-refractivity contribution in [2.75, 3.05) is 11.5 Å². The lowest BCUT2D eigenvalue weighted by atomic mass is 10.0. The zero-order valence-electron chi connectivity index (χ0n) is 13.0. The molecule has 0 aromatic rings. The monoisotopic (exact) mass is 299 g/mol. The Morgan fingerprint density at radius 3 is 2.30 bits per heavy atom. The van der Waals surface area contributed by atoms with Crippen molar-refractivity contribution in [1.29, 1.82) is 0 Å². The molecule has 0 bridgehead atoms. The Bertz CT molecular complexity index is 558. The van der Waals surface area contributed by atoms with E-state index in [4.69, 9.17) is 0 Å². The molecule has 1 amide bonds. The van der Waals surface area contributed by atoms with Gasteiger partial charge in [-0.05, 0) is 38.5 Å². The zero-order chi connectivity index (χ0) is 15.3. The molecule has 1 aliphatic carbocycles. The minimum atomic E-state index is -2.99. The van der Waals surface area contributed by atoms with Crippen LogP contribution in [-0.4, -0.2) is 31.4 Å². The second-order valence-electron chi connectivity index (χ2n) is 7.46. The molecule has 3 atom stereocenters. The third-order valence-electron chi connectivity index (χ3n) is 4.63. The fourth-order valence-electron chi connectivity index (χ4n) is 3.33. The SMILES string of the molecule is CC(C)=C[C@@H]1[C@H](C(=O)N[C@]2(C)CCS(=O)(=O)C2)C1(C)C. The quantitative estimate of drug-likeness (QED) is 0.810. The van der Waals surface area contributed by atoms with E-state index in [2.05, 4.69) is 25.2 Å². The molecule has 0 aromatic heterocycles. The van der Waals surface area contributed by atoms with Crippen molar-refractivity contribution in [3.05, 3.63) is 11.6 Å². The molecule has 0 unspecified atom stereocenters. The maximum absolute atomic E-state index is 12.4. The van der Waals surface area contributed by atoms with Crippen molar-refractivity contribution in [2.45, 2.75) is 46.6 Å². The molecule has 1 heterocycles. The van der Waals surface area contributed by atoms with Gasteiger partial charge in [-0.2, -0.15) is 0 Å². The number of sulfone groups is 1. The summed E-state index contributed by atoms with van der Waals surface area (Å²) in [5.74, 6) is 0.449. The van der Waals surface area contributed by atoms with Crippen LogP contribution in [0.2, 0.25) is 0 Å². The van der Waals surface area contributed by atoms with E-state index in [1.807, 2.05) is 20.8 Å². The van der Waals surface area contributed by atoms with Crippen molar-refractivity contribution in [3.63, 3.8) is 0 Å². The minimum absolute atomic E-state index is 0.00269. The molecule has 1 saturated carbocycles. The number of nitrogens with one attached hydrogen (secondary N) is 1. The maximum Gasteiger partial charge on any atom is 0.224 e. The van der Waals surface area contributed by atoms with E-state index in [0.717, 1.165) is 0 Å². The second-order valence-corrected chi connectivity index (χ2v) is 9.64. The van der Waals surface area contributed by atoms with E-state index in [1.54, 1.807) is 0 Å². The van der Waals surface area contributed by atoms with Crippen LogP contribution in [0, 0.1) is 17.3 Å². The van der Waals surface area contributed by atoms with Crippen LogP contribution in [-0.2, 0) is 14.6 Å². The number of hydrogen-bond donors (Lipinski definition) is 1. The van der Waals surface area contributed by atoms with Gasteiger partial charge in [0.05, 0.1) is 23.0 Å². The summed E-state index contributed by atoms with van der Waals surface area (Å²) in [7, 11) is -2.99. The first-order valence-corrected chi connectivity index (χ1v) is 8.96. The van der Waals surface area contributed by atoms with E-state index in [-0.39, 0.29) is 34.7 Å². The van der Waals surface area contributed by atoms with Crippen LogP contribution in [0.15, 0.2) is 11.6 Å². The summed E-state index contributed by atoms with van der Waals surface area (Å²) in [4.78, 5) is 12.4. The van der Waals surface area contributed by atoms with Gasteiger partial charge < -0.3 is 5.32 Å². The van der Waals surface area contributed by atoms with Crippen molar-refractivity contribution in [3.8, 4) is 0 Å². The summed E-state index contributed by atoms with van der Waals surface area (Å²) in [6, 6.07) is 0. The number of amides is 1. The van der Waals surface area contributed by atoms with Gasteiger partial charge in [0.15, 0.2) is 9.84 Å². The summed E-state index contributed by atoms with van der Waals surface area (Å²) in [6.45, 7) is 10.1. The molecule has 5 heteroatoms. The van der Waals surface area contributed by atoms with Crippen LogP contribution in [0.5, 0.6) is 0 Å². The van der Waals surface area contributed by atoms with E-state index < -0.39 is 15.4 Å². The Kier molecular flexibility index (Phi) is 3.56. The van der Waals surface area contributed by atoms with Crippen LogP contribution in [0.3, 0.4) is 0 Å². The Morgan fingerprint density at radius 1 is 1.25 bits per heavy atom. The zero-order valence-corrected chi connectivity index (χ0v) is 13.8. The molecular weight excluding hydrogens is 274 g/mol. The lowest BCUT2D eigenvalue weighted by Crippen LogP contribution is -2.48. The summed E-state index contributed by atoms with van der Waals surface area (Å²) < 4.78 is 23.2. The van der Waals surface area contributed by atoms with Crippen LogP contribution in [0.25, 0.3) is 0 Å². The second kappa shape index (κ2) is 4.58. The van der Waals surface area contributed by atoms with Gasteiger partial charge in [0.1, 0.15) is 0 Å². The highest BCUT2D eigenvalue weighted by Gasteiger charge is 2.61. The number of carbonyl (C=O) groups excluding carboxylic acids is 1. The molecule has 2 aliphatic rings. The standard InChI is InChI=1S/C15H25NO3S/c1-10(2)8-11-12(14(11,3)4)13(17)16-15(5)6-7-20(18,19)9-15/h8,11-12H,6-7,9H2,1-5H3,(H,16,17)/t11-,12-,15-/m1/s1. The van der Waals surface area contributed by atoms with E-state index >= 15 is 0 Å². The van der Waals surface area contributed by atoms with Crippen LogP contribution in [0.1, 0.15) is 41.0 Å². The average molecular weight is 299 g/mol. The smallest absolute Gasteiger partial charge is 0.224 e. The first-order valence-electron chi connectivity index (χ1n) is 7.14. The van der Waals surface area contributed by atoms with Crippen molar-refractivity contribution in [2.24, 2.45) is 17.3 Å². The topological polar surface area (TPSA) is 63.2 Å². The molecule has 1 N–H and O–H groups in total. The van der Waals surface area contributed by atoms with Gasteiger partial charge in [-0.3, -0.25) is 4.79 Å². The molecule has 20 heavy (non-hydrogen) atoms. The molecule has 0 aromatic carbocycles. The summed E-state index contributed by atoms with van der Waals surface area (Å²) in [5.41, 5.74) is 0.590. The third kappa shape index (κ3) is 2.92. The molecular formula is C15H25NO3S. The predicted molar refractivity (Wildman–Crippen MR) is 80.0 cm³/mol. The van der Waals surface area contributed by atoms with Crippen LogP contribution < -0.4 is 5.32 Å². The summed E-state index contributed by atoms with van der Waals surface area (Å²) in [6.07, 6.45) is 2.67. The molecule has 0 spiro atoms. The van der Waals surface area contributed by atoms with Gasteiger partial charge in [0.25, 0.3) is 0 Å². The van der Waals surface area contributed by atoms with Crippen molar-refractivity contribution < 1.29 is 13.2 Å². The van der Waals surface area contributed by atoms with Gasteiger partial charge in [0.2, 0.25) is 5.91 Å². The third-order valence-corrected chi connectivity index (χ3v) is 6.54. The number of hydrogen-bond acceptors (Lipinski definition) is 3. The Hall–Kier alpha value is -0.840. The normalized spacial score (nSPS) is 37.2. The highest BCUT2D eigenvalue weighted by Crippen LogP contribution is 2.59. The molecule has 4 nitrogen and oxygen atoms in total. The summed E-state index contributed by atoms with van der Waals surface area (Å²) in [5, 5.41) is 2.98. The Morgan fingerprint density at radius 2 is 1.85 bits per heavy atom. The Labute approximate surface area is 121 Å². The first kappa shape index (κ1) is 15.5. The van der Waals surface area contributed by atoms with Gasteiger partial charge in [-0.15, -0.1) is 0 Å². The van der Waals surface area contributed by atoms with Crippen molar-refractivity contribution >= 4 is 15.7 Å². The molecule has 0 radical (unpaired) electrons. The Balaban J connectivity index is 2.06. The molecule has 1 aliphatic heterocycles. The average Bonchev–Trinajstić information content (AvgIpc) is 2.62. The largest absolute Gasteiger partial charge is 0.350 e. The molecule has 2 rings (SSSR count). The number of allylic oxidation sites excluding steroid dienone is 2. The number of rotatable bonds is 3. The highest BCUT2D eigenvalue weighted by molar-refractivity contribution is 7.91. The van der Waals surface area contributed by atoms with Gasteiger partial charge in [-0.25, -0.2) is 8.42 Å². The first-order chi connectivity index (χ1) is 8.97. The van der Waals surface area contributed by atoms with Gasteiger partial charge in [0, 0.05) is 0 Å². The van der Waals surface area contributed by atoms with E-state index in [1.165, 1.54) is 5.57 Å². The van der Waals surface area contributed by atoms with Gasteiger partial charge in [-0.1, -0.05) is 25.5 Å². The lowest BCUT2D eigenvalue weighted by Gasteiger charge is -2.24. The van der Waals surface area contributed by atoms with E-state index in [0.29, 0.717) is 6.42 Å². The van der Waals surface area contributed by atoms with Crippen LogP contribution >= 0.6 is 0 Å². The van der Waals surface area contributed by atoms with E-state index in [9.17, 15) is 13.2 Å². The summed E-state index contributed by atoms with van der Waals surface area (Å²) >= 11 is 0. The number of carbonyl (C=O) groups is 1. The predicted octanol–water partition coefficient (Wildman–Crippen LogP) is 1.92. The van der Waals surface area contributed by atoms with Crippen LogP contribution in [0.4, 0.5) is 0 Å². The molecule has 2 fully saturated rings. The molecule has 114 valence electrons. The fourth-order valence-corrected chi connectivity index (χ4v) is 5.43. The maximum atomic E-state index is 12.4. The van der Waals surface area contributed by atoms with Crippen molar-refractivity contribution in [1.82, 2.24) is 5.32 Å². The minimum Gasteiger partial charge on any atom is -0.350 e. The fraction of sp³-hybridized carbons (Fsp3) is 0.800. The highest BCUT2D eigenvalue weighted by atomic mass is 32.2.